The maximum atomic E-state index is 14.0. The Hall–Kier alpha value is -3.29. The molecule has 8 nitrogen and oxygen atoms in total. The number of fused-ring (bicyclic) bond motifs is 2. The van der Waals surface area contributed by atoms with Gasteiger partial charge in [-0.2, -0.15) is 0 Å². The SMILES string of the molecule is [C-]#[N+]c1ccc2c(c1)[c-](-c1cc(CO)ccc1OCC)c(=O)n2S(=O)(=O)c1cccc2cccnc12.[CH3-].[Y]. The van der Waals surface area contributed by atoms with Crippen molar-refractivity contribution in [3.05, 3.63) is 108 Å². The van der Waals surface area contributed by atoms with Crippen LogP contribution in [0, 0.1) is 14.0 Å². The average molecular weight is 602 g/mol. The Morgan fingerprint density at radius 2 is 1.87 bits per heavy atom. The maximum absolute atomic E-state index is 14.0. The standard InChI is InChI=1S/C27H20N3O5S.CH3.Y/c1-3-35-23-12-9-17(16-31)14-21(23)25-20-15-19(28-2)10-11-22(20)30(27(25)32)36(33,34)24-8-4-6-18-7-5-13-29-26(18)24;;/h4-15,31H,3,16H2,1H3;1H3;/q2*-1;. The van der Waals surface area contributed by atoms with Crippen LogP contribution in [0.3, 0.4) is 0 Å². The van der Waals surface area contributed by atoms with E-state index in [1.807, 2.05) is 0 Å². The van der Waals surface area contributed by atoms with Crippen molar-refractivity contribution in [2.45, 2.75) is 18.4 Å². The van der Waals surface area contributed by atoms with E-state index in [4.69, 9.17) is 11.3 Å². The molecule has 0 aliphatic carbocycles. The van der Waals surface area contributed by atoms with Crippen molar-refractivity contribution in [2.24, 2.45) is 0 Å². The first-order valence-corrected chi connectivity index (χ1v) is 12.5. The molecule has 0 aliphatic rings. The zero-order valence-electron chi connectivity index (χ0n) is 20.7. The van der Waals surface area contributed by atoms with Gasteiger partial charge in [0.25, 0.3) is 10.0 Å². The molecule has 0 atom stereocenters. The van der Waals surface area contributed by atoms with Crippen LogP contribution in [0.1, 0.15) is 12.5 Å². The molecule has 0 fully saturated rings. The van der Waals surface area contributed by atoms with Crippen LogP contribution in [-0.4, -0.2) is 29.1 Å². The summed E-state index contributed by atoms with van der Waals surface area (Å²) < 4.78 is 34.5. The molecule has 38 heavy (non-hydrogen) atoms. The van der Waals surface area contributed by atoms with Gasteiger partial charge in [0.05, 0.1) is 31.1 Å². The fourth-order valence-corrected chi connectivity index (χ4v) is 5.92. The molecule has 191 valence electrons. The smallest absolute Gasteiger partial charge is 0.266 e. The number of ether oxygens (including phenoxy) is 1. The summed E-state index contributed by atoms with van der Waals surface area (Å²) in [7, 11) is -4.40. The van der Waals surface area contributed by atoms with Gasteiger partial charge in [-0.15, -0.1) is 12.1 Å². The van der Waals surface area contributed by atoms with E-state index in [2.05, 4.69) is 9.83 Å². The van der Waals surface area contributed by atoms with Gasteiger partial charge in [0.15, 0.2) is 5.69 Å². The molecule has 0 amide bonds. The van der Waals surface area contributed by atoms with E-state index in [1.165, 1.54) is 30.5 Å². The molecule has 0 saturated heterocycles. The predicted molar refractivity (Wildman–Crippen MR) is 143 cm³/mol. The van der Waals surface area contributed by atoms with Gasteiger partial charge in [0.2, 0.25) is 5.56 Å². The minimum absolute atomic E-state index is 0. The van der Waals surface area contributed by atoms with Crippen molar-refractivity contribution in [1.29, 1.82) is 0 Å². The second kappa shape index (κ2) is 11.6. The summed E-state index contributed by atoms with van der Waals surface area (Å²) in [6, 6.07) is 17.5. The van der Waals surface area contributed by atoms with E-state index in [-0.39, 0.29) is 73.9 Å². The molecule has 3 aromatic carbocycles. The Labute approximate surface area is 245 Å². The summed E-state index contributed by atoms with van der Waals surface area (Å²) in [4.78, 5) is 21.6. The van der Waals surface area contributed by atoms with Gasteiger partial charge in [-0.05, 0) is 24.6 Å². The quantitative estimate of drug-likeness (QED) is 0.273. The van der Waals surface area contributed by atoms with Crippen LogP contribution >= 0.6 is 0 Å². The normalized spacial score (nSPS) is 11.0. The van der Waals surface area contributed by atoms with Gasteiger partial charge >= 0.3 is 0 Å². The van der Waals surface area contributed by atoms with Crippen LogP contribution in [0.15, 0.2) is 82.6 Å². The van der Waals surface area contributed by atoms with Crippen molar-refractivity contribution in [3.63, 3.8) is 0 Å². The second-order valence-corrected chi connectivity index (χ2v) is 9.77. The van der Waals surface area contributed by atoms with Crippen molar-refractivity contribution in [1.82, 2.24) is 8.96 Å². The molecule has 2 aromatic heterocycles. The fourth-order valence-electron chi connectivity index (χ4n) is 4.33. The number of rotatable bonds is 6. The molecule has 0 bridgehead atoms. The van der Waals surface area contributed by atoms with E-state index in [9.17, 15) is 18.3 Å². The number of hydrogen-bond donors (Lipinski definition) is 1. The van der Waals surface area contributed by atoms with Crippen LogP contribution in [0.4, 0.5) is 5.69 Å². The molecule has 0 unspecified atom stereocenters. The molecule has 10 heteroatoms. The zero-order chi connectivity index (χ0) is 25.4. The predicted octanol–water partition coefficient (Wildman–Crippen LogP) is 5.06. The first-order valence-electron chi connectivity index (χ1n) is 11.1. The molecule has 5 rings (SSSR count). The van der Waals surface area contributed by atoms with Crippen molar-refractivity contribution < 1.29 is 51.0 Å². The van der Waals surface area contributed by atoms with Gasteiger partial charge in [-0.25, -0.2) is 17.2 Å². The largest absolute Gasteiger partial charge is 0.528 e. The van der Waals surface area contributed by atoms with Gasteiger partial charge < -0.3 is 17.3 Å². The third-order valence-electron chi connectivity index (χ3n) is 5.91. The third kappa shape index (κ3) is 4.81. The summed E-state index contributed by atoms with van der Waals surface area (Å²) in [5, 5.41) is 10.6. The molecular formula is C28H23N3O5SY-2. The minimum atomic E-state index is -4.40. The third-order valence-corrected chi connectivity index (χ3v) is 7.63. The number of hydrogen-bond acceptors (Lipinski definition) is 6. The topological polar surface area (TPSA) is 103 Å². The Kier molecular flexibility index (Phi) is 8.95. The number of aliphatic hydroxyl groups excluding tert-OH is 1. The molecule has 0 saturated carbocycles. The Morgan fingerprint density at radius 1 is 1.11 bits per heavy atom. The molecule has 1 N–H and O–H groups in total. The summed E-state index contributed by atoms with van der Waals surface area (Å²) in [6.07, 6.45) is 1.50. The van der Waals surface area contributed by atoms with E-state index in [0.717, 1.165) is 3.97 Å². The van der Waals surface area contributed by atoms with Crippen LogP contribution < -0.4 is 10.3 Å². The van der Waals surface area contributed by atoms with E-state index >= 15 is 0 Å². The van der Waals surface area contributed by atoms with Gasteiger partial charge in [0.1, 0.15) is 4.90 Å². The first kappa shape index (κ1) is 29.3. The molecular weight excluding hydrogens is 579 g/mol. The van der Waals surface area contributed by atoms with E-state index in [0.29, 0.717) is 34.3 Å². The number of para-hydroxylation sites is 1. The van der Waals surface area contributed by atoms with Crippen molar-refractivity contribution in [3.8, 4) is 16.9 Å². The average Bonchev–Trinajstić information content (AvgIpc) is 3.20. The number of benzene rings is 3. The number of pyridine rings is 1. The summed E-state index contributed by atoms with van der Waals surface area (Å²) in [5.41, 5.74) is 0.787. The van der Waals surface area contributed by atoms with Crippen molar-refractivity contribution in [2.75, 3.05) is 6.61 Å². The van der Waals surface area contributed by atoms with Crippen LogP contribution in [0.5, 0.6) is 5.75 Å². The minimum Gasteiger partial charge on any atom is -0.528 e. The van der Waals surface area contributed by atoms with Gasteiger partial charge in [-0.3, -0.25) is 9.78 Å². The maximum Gasteiger partial charge on any atom is 0.266 e. The first-order chi connectivity index (χ1) is 17.4. The van der Waals surface area contributed by atoms with E-state index in [1.54, 1.807) is 49.4 Å². The Bertz CT molecular complexity index is 1850. The monoisotopic (exact) mass is 602 g/mol. The zero-order valence-corrected chi connectivity index (χ0v) is 24.4. The fraction of sp³-hybridized carbons (Fsp3) is 0.107. The number of aliphatic hydroxyl groups is 1. The van der Waals surface area contributed by atoms with Gasteiger partial charge in [-0.1, -0.05) is 59.0 Å². The molecule has 2 heterocycles. The second-order valence-electron chi connectivity index (χ2n) is 8.02. The van der Waals surface area contributed by atoms with E-state index < -0.39 is 15.6 Å². The molecule has 0 spiro atoms. The van der Waals surface area contributed by atoms with Crippen LogP contribution in [0.25, 0.3) is 37.8 Å². The Balaban J connectivity index is 0.00000200. The summed E-state index contributed by atoms with van der Waals surface area (Å²) in [6.45, 7) is 9.25. The summed E-state index contributed by atoms with van der Waals surface area (Å²) >= 11 is 0. The molecule has 5 aromatic rings. The van der Waals surface area contributed by atoms with Crippen LogP contribution in [0.2, 0.25) is 0 Å². The van der Waals surface area contributed by atoms with Crippen molar-refractivity contribution >= 4 is 37.5 Å². The van der Waals surface area contributed by atoms with Gasteiger partial charge in [0, 0.05) is 49.8 Å². The summed E-state index contributed by atoms with van der Waals surface area (Å²) in [5.74, 6) is 0.364. The number of nitrogens with zero attached hydrogens (tertiary/aromatic N) is 3. The molecule has 1 radical (unpaired) electrons. The Morgan fingerprint density at radius 3 is 2.58 bits per heavy atom. The van der Waals surface area contributed by atoms with Crippen LogP contribution in [-0.2, 0) is 49.3 Å². The molecule has 0 aliphatic heterocycles. The number of aromatic nitrogens is 2.